The molecular weight excluding hydrogens is 657 g/mol. The molecule has 0 radical (unpaired) electrons. The van der Waals surface area contributed by atoms with E-state index in [4.69, 9.17) is 8.83 Å². The van der Waals surface area contributed by atoms with Crippen molar-refractivity contribution in [3.05, 3.63) is 182 Å². The third-order valence-electron chi connectivity index (χ3n) is 11.4. The fourth-order valence-corrected chi connectivity index (χ4v) is 8.93. The van der Waals surface area contributed by atoms with Crippen LogP contribution in [0.5, 0.6) is 0 Å². The minimum Gasteiger partial charge on any atom is -0.456 e. The van der Waals surface area contributed by atoms with Crippen molar-refractivity contribution in [3.63, 3.8) is 0 Å². The quantitative estimate of drug-likeness (QED) is 0.173. The molecule has 0 amide bonds. The third-order valence-corrected chi connectivity index (χ3v) is 11.4. The van der Waals surface area contributed by atoms with Crippen molar-refractivity contribution in [1.82, 2.24) is 0 Å². The molecule has 12 rings (SSSR count). The summed E-state index contributed by atoms with van der Waals surface area (Å²) in [7, 11) is 0. The minimum absolute atomic E-state index is 0.863. The van der Waals surface area contributed by atoms with Gasteiger partial charge in [-0.1, -0.05) is 140 Å². The van der Waals surface area contributed by atoms with Crippen molar-refractivity contribution >= 4 is 87.0 Å². The summed E-state index contributed by atoms with van der Waals surface area (Å²) in [6.45, 7) is 0. The predicted octanol–water partition coefficient (Wildman–Crippen LogP) is 15.1. The summed E-state index contributed by atoms with van der Waals surface area (Å²) in [6, 6.07) is 65.7. The lowest BCUT2D eigenvalue weighted by atomic mass is 9.85. The Balaban J connectivity index is 1.04. The van der Waals surface area contributed by atoms with Crippen LogP contribution >= 0.6 is 0 Å². The van der Waals surface area contributed by atoms with Gasteiger partial charge in [0.25, 0.3) is 0 Å². The molecule has 0 bridgehead atoms. The Morgan fingerprint density at radius 3 is 1.46 bits per heavy atom. The zero-order valence-corrected chi connectivity index (χ0v) is 29.1. The number of rotatable bonds is 3. The molecular formula is C52H30O2. The second-order valence-corrected chi connectivity index (χ2v) is 14.4. The second kappa shape index (κ2) is 11.2. The van der Waals surface area contributed by atoms with E-state index in [0.29, 0.717) is 0 Å². The molecule has 0 spiro atoms. The van der Waals surface area contributed by atoms with E-state index >= 15 is 0 Å². The van der Waals surface area contributed by atoms with Crippen LogP contribution < -0.4 is 0 Å². The van der Waals surface area contributed by atoms with E-state index in [0.717, 1.165) is 49.4 Å². The molecule has 10 aromatic carbocycles. The Bertz CT molecular complexity index is 3430. The minimum atomic E-state index is 0.863. The van der Waals surface area contributed by atoms with Gasteiger partial charge in [0.2, 0.25) is 0 Å². The molecule has 0 aliphatic heterocycles. The molecule has 0 N–H and O–H groups in total. The van der Waals surface area contributed by atoms with Crippen molar-refractivity contribution in [2.24, 2.45) is 0 Å². The fourth-order valence-electron chi connectivity index (χ4n) is 8.93. The maximum absolute atomic E-state index is 6.71. The van der Waals surface area contributed by atoms with E-state index < -0.39 is 0 Å². The van der Waals surface area contributed by atoms with Gasteiger partial charge in [0.05, 0.1) is 0 Å². The van der Waals surface area contributed by atoms with E-state index in [-0.39, 0.29) is 0 Å². The van der Waals surface area contributed by atoms with E-state index in [1.54, 1.807) is 0 Å². The van der Waals surface area contributed by atoms with Gasteiger partial charge in [-0.05, 0) is 119 Å². The highest BCUT2D eigenvalue weighted by atomic mass is 16.3. The van der Waals surface area contributed by atoms with Gasteiger partial charge in [-0.3, -0.25) is 0 Å². The van der Waals surface area contributed by atoms with E-state index in [2.05, 4.69) is 182 Å². The summed E-state index contributed by atoms with van der Waals surface area (Å²) in [5.41, 5.74) is 10.8. The molecule has 0 aliphatic carbocycles. The van der Waals surface area contributed by atoms with Crippen LogP contribution in [0.1, 0.15) is 0 Å². The summed E-state index contributed by atoms with van der Waals surface area (Å²) < 4.78 is 13.1. The molecule has 2 aromatic heterocycles. The summed E-state index contributed by atoms with van der Waals surface area (Å²) in [6.07, 6.45) is 0. The summed E-state index contributed by atoms with van der Waals surface area (Å²) in [5, 5.41) is 14.1. The maximum Gasteiger partial charge on any atom is 0.136 e. The van der Waals surface area contributed by atoms with Crippen molar-refractivity contribution in [2.45, 2.75) is 0 Å². The van der Waals surface area contributed by atoms with Gasteiger partial charge < -0.3 is 8.83 Å². The lowest BCUT2D eigenvalue weighted by Crippen LogP contribution is -1.91. The van der Waals surface area contributed by atoms with E-state index in [1.165, 1.54) is 70.9 Å². The van der Waals surface area contributed by atoms with Crippen LogP contribution in [0.4, 0.5) is 0 Å². The Kier molecular flexibility index (Phi) is 6.09. The van der Waals surface area contributed by atoms with Gasteiger partial charge in [0.1, 0.15) is 22.3 Å². The number of hydrogen-bond donors (Lipinski definition) is 0. The Hall–Kier alpha value is -7.16. The van der Waals surface area contributed by atoms with Crippen LogP contribution in [0.25, 0.3) is 120 Å². The summed E-state index contributed by atoms with van der Waals surface area (Å²) >= 11 is 0. The van der Waals surface area contributed by atoms with Crippen LogP contribution in [-0.2, 0) is 0 Å². The zero-order valence-electron chi connectivity index (χ0n) is 29.1. The molecule has 2 nitrogen and oxygen atoms in total. The molecule has 0 atom stereocenters. The maximum atomic E-state index is 6.71. The standard InChI is InChI=1S/C52H30O2/c1-2-10-31(11-3-1)33-18-19-35-27-36(21-20-34(35)26-33)50-40-14-6-8-16-42(40)51(43-17-9-7-15-41(43)50)37-22-24-39-44-29-49-45(30-48(44)54-47(39)28-37)52-38-13-5-4-12-32(38)23-25-46(52)53-49/h1-30H. The summed E-state index contributed by atoms with van der Waals surface area (Å²) in [5.74, 6) is 0. The Labute approximate surface area is 310 Å². The number of hydrogen-bond acceptors (Lipinski definition) is 2. The average Bonchev–Trinajstić information content (AvgIpc) is 3.78. The first-order valence-corrected chi connectivity index (χ1v) is 18.5. The molecule has 2 heteroatoms. The SMILES string of the molecule is c1ccc(-c2ccc3cc(-c4c5ccccc5c(-c5ccc6c(c5)oc5cc7c(cc56)oc5ccc6ccccc6c57)c5ccccc45)ccc3c2)cc1. The monoisotopic (exact) mass is 686 g/mol. The Morgan fingerprint density at radius 1 is 0.241 bits per heavy atom. The first-order chi connectivity index (χ1) is 26.7. The van der Waals surface area contributed by atoms with Gasteiger partial charge in [0, 0.05) is 21.5 Å². The normalized spacial score (nSPS) is 12.1. The molecule has 0 saturated carbocycles. The number of fused-ring (bicyclic) bond motifs is 11. The molecule has 250 valence electrons. The smallest absolute Gasteiger partial charge is 0.136 e. The van der Waals surface area contributed by atoms with Crippen LogP contribution in [0.15, 0.2) is 191 Å². The second-order valence-electron chi connectivity index (χ2n) is 14.4. The van der Waals surface area contributed by atoms with Crippen LogP contribution in [0.3, 0.4) is 0 Å². The lowest BCUT2D eigenvalue weighted by Gasteiger charge is -2.18. The van der Waals surface area contributed by atoms with Crippen molar-refractivity contribution < 1.29 is 8.83 Å². The highest BCUT2D eigenvalue weighted by Gasteiger charge is 2.19. The lowest BCUT2D eigenvalue weighted by molar-refractivity contribution is 0.664. The highest BCUT2D eigenvalue weighted by Crippen LogP contribution is 2.46. The highest BCUT2D eigenvalue weighted by molar-refractivity contribution is 6.24. The van der Waals surface area contributed by atoms with Crippen molar-refractivity contribution in [1.29, 1.82) is 0 Å². The molecule has 12 aromatic rings. The van der Waals surface area contributed by atoms with Crippen molar-refractivity contribution in [3.8, 4) is 33.4 Å². The first kappa shape index (κ1) is 29.4. The number of furan rings is 2. The van der Waals surface area contributed by atoms with Gasteiger partial charge in [0.15, 0.2) is 0 Å². The zero-order chi connectivity index (χ0) is 35.3. The van der Waals surface area contributed by atoms with E-state index in [9.17, 15) is 0 Å². The predicted molar refractivity (Wildman–Crippen MR) is 227 cm³/mol. The molecule has 54 heavy (non-hydrogen) atoms. The van der Waals surface area contributed by atoms with E-state index in [1.807, 2.05) is 0 Å². The molecule has 0 unspecified atom stereocenters. The summed E-state index contributed by atoms with van der Waals surface area (Å²) in [4.78, 5) is 0. The third kappa shape index (κ3) is 4.28. The molecule has 0 aliphatic rings. The van der Waals surface area contributed by atoms with Gasteiger partial charge in [-0.15, -0.1) is 0 Å². The van der Waals surface area contributed by atoms with Gasteiger partial charge >= 0.3 is 0 Å². The Morgan fingerprint density at radius 2 is 0.741 bits per heavy atom. The van der Waals surface area contributed by atoms with Gasteiger partial charge in [-0.2, -0.15) is 0 Å². The van der Waals surface area contributed by atoms with Crippen LogP contribution in [-0.4, -0.2) is 0 Å². The van der Waals surface area contributed by atoms with Crippen LogP contribution in [0.2, 0.25) is 0 Å². The van der Waals surface area contributed by atoms with Crippen LogP contribution in [0, 0.1) is 0 Å². The molecule has 2 heterocycles. The molecule has 0 saturated heterocycles. The fraction of sp³-hybridized carbons (Fsp3) is 0. The first-order valence-electron chi connectivity index (χ1n) is 18.5. The van der Waals surface area contributed by atoms with Crippen molar-refractivity contribution in [2.75, 3.05) is 0 Å². The largest absolute Gasteiger partial charge is 0.456 e. The van der Waals surface area contributed by atoms with Gasteiger partial charge in [-0.25, -0.2) is 0 Å². The topological polar surface area (TPSA) is 26.3 Å². The average molecular weight is 687 g/mol. The molecule has 0 fully saturated rings. The number of benzene rings is 10.